The van der Waals surface area contributed by atoms with Gasteiger partial charge in [-0.3, -0.25) is 0 Å². The lowest BCUT2D eigenvalue weighted by Gasteiger charge is -2.33. The molecule has 0 saturated carbocycles. The first-order valence-electron chi connectivity index (χ1n) is 8.73. The molecule has 1 N–H and O–H groups in total. The summed E-state index contributed by atoms with van der Waals surface area (Å²) in [4.78, 5) is 14.3. The van der Waals surface area contributed by atoms with Crippen molar-refractivity contribution < 1.29 is 39.9 Å². The largest absolute Gasteiger partial charge is 0.404 e. The highest BCUT2D eigenvalue weighted by Gasteiger charge is 2.73. The second kappa shape index (κ2) is 7.21. The molecule has 2 heterocycles. The Morgan fingerprint density at radius 1 is 1.07 bits per heavy atom. The molecule has 4 nitrogen and oxygen atoms in total. The first-order valence-corrected chi connectivity index (χ1v) is 8.73. The topological polar surface area (TPSA) is 35.6 Å². The Labute approximate surface area is 160 Å². The number of rotatable bonds is 2. The Bertz CT molecular complexity index is 765. The second-order valence-electron chi connectivity index (χ2n) is 7.23. The number of alkyl halides is 6. The fraction of sp³-hybridized carbons (Fsp3) is 0.588. The Morgan fingerprint density at radius 3 is 2.28 bits per heavy atom. The molecule has 0 radical (unpaired) electrons. The van der Waals surface area contributed by atoms with Crippen LogP contribution in [0.5, 0.6) is 0 Å². The molecule has 0 bridgehead atoms. The van der Waals surface area contributed by atoms with Crippen LogP contribution in [0, 0.1) is 17.0 Å². The zero-order valence-electron chi connectivity index (χ0n) is 14.9. The molecule has 29 heavy (non-hydrogen) atoms. The number of hydrogen-bond donors (Lipinski definition) is 1. The summed E-state index contributed by atoms with van der Waals surface area (Å²) in [5.41, 5.74) is -3.85. The molecular formula is C17H17F8N3O. The summed E-state index contributed by atoms with van der Waals surface area (Å²) in [6, 6.07) is 1.34. The molecule has 2 aliphatic rings. The molecular weight excluding hydrogens is 414 g/mol. The average Bonchev–Trinajstić information content (AvgIpc) is 3.21. The number of carbonyl (C=O) groups excluding carboxylic acids is 1. The van der Waals surface area contributed by atoms with E-state index in [-0.39, 0.29) is 18.8 Å². The summed E-state index contributed by atoms with van der Waals surface area (Å²) in [5.74, 6) is -1.57. The maximum atomic E-state index is 13.9. The van der Waals surface area contributed by atoms with Gasteiger partial charge in [0.2, 0.25) is 0 Å². The molecule has 0 aromatic heterocycles. The molecule has 1 atom stereocenters. The average molecular weight is 431 g/mol. The number of likely N-dealkylation sites (tertiary alicyclic amines) is 1. The van der Waals surface area contributed by atoms with E-state index in [2.05, 4.69) is 5.32 Å². The SMILES string of the molecule is O=C(NC1CCN(c2ccc(F)cc2F)C1)N1CCC(C(F)(F)F)(C(F)(F)F)C1. The summed E-state index contributed by atoms with van der Waals surface area (Å²) >= 11 is 0. The second-order valence-corrected chi connectivity index (χ2v) is 7.23. The van der Waals surface area contributed by atoms with Crippen molar-refractivity contribution in [1.29, 1.82) is 0 Å². The maximum absolute atomic E-state index is 13.9. The van der Waals surface area contributed by atoms with E-state index in [1.807, 2.05) is 0 Å². The van der Waals surface area contributed by atoms with Gasteiger partial charge in [-0.25, -0.2) is 13.6 Å². The van der Waals surface area contributed by atoms with Gasteiger partial charge < -0.3 is 15.1 Å². The lowest BCUT2D eigenvalue weighted by Crippen LogP contribution is -2.53. The van der Waals surface area contributed by atoms with Crippen molar-refractivity contribution in [1.82, 2.24) is 10.2 Å². The van der Waals surface area contributed by atoms with Crippen LogP contribution in [0.4, 0.5) is 45.6 Å². The fourth-order valence-corrected chi connectivity index (χ4v) is 3.71. The van der Waals surface area contributed by atoms with Gasteiger partial charge in [-0.2, -0.15) is 26.3 Å². The van der Waals surface area contributed by atoms with Gasteiger partial charge in [0, 0.05) is 38.3 Å². The number of nitrogens with one attached hydrogen (secondary N) is 1. The molecule has 2 fully saturated rings. The summed E-state index contributed by atoms with van der Waals surface area (Å²) in [5, 5.41) is 2.41. The van der Waals surface area contributed by atoms with Gasteiger partial charge in [0.1, 0.15) is 11.6 Å². The highest BCUT2D eigenvalue weighted by Crippen LogP contribution is 2.55. The number of halogens is 8. The Morgan fingerprint density at radius 2 is 1.72 bits per heavy atom. The van der Waals surface area contributed by atoms with Crippen molar-refractivity contribution in [3.63, 3.8) is 0 Å². The molecule has 0 spiro atoms. The van der Waals surface area contributed by atoms with Gasteiger partial charge in [-0.05, 0) is 25.0 Å². The normalized spacial score (nSPS) is 22.3. The molecule has 2 amide bonds. The molecule has 2 aliphatic heterocycles. The first-order chi connectivity index (χ1) is 13.3. The number of benzene rings is 1. The number of nitrogens with zero attached hydrogens (tertiary/aromatic N) is 2. The highest BCUT2D eigenvalue weighted by molar-refractivity contribution is 5.75. The quantitative estimate of drug-likeness (QED) is 0.717. The van der Waals surface area contributed by atoms with Crippen LogP contribution >= 0.6 is 0 Å². The van der Waals surface area contributed by atoms with Crippen molar-refractivity contribution in [3.8, 4) is 0 Å². The van der Waals surface area contributed by atoms with Crippen molar-refractivity contribution in [2.45, 2.75) is 31.2 Å². The van der Waals surface area contributed by atoms with E-state index in [1.54, 1.807) is 0 Å². The Hall–Kier alpha value is -2.27. The molecule has 12 heteroatoms. The Kier molecular flexibility index (Phi) is 5.33. The van der Waals surface area contributed by atoms with E-state index in [4.69, 9.17) is 0 Å². The molecule has 3 rings (SSSR count). The summed E-state index contributed by atoms with van der Waals surface area (Å²) in [6.45, 7) is -1.82. The van der Waals surface area contributed by atoms with E-state index in [1.165, 1.54) is 11.0 Å². The molecule has 1 aromatic carbocycles. The van der Waals surface area contributed by atoms with Crippen LogP contribution in [0.25, 0.3) is 0 Å². The third-order valence-electron chi connectivity index (χ3n) is 5.41. The number of hydrogen-bond acceptors (Lipinski definition) is 2. The monoisotopic (exact) mass is 431 g/mol. The molecule has 0 aliphatic carbocycles. The zero-order chi connectivity index (χ0) is 21.6. The highest BCUT2D eigenvalue weighted by atomic mass is 19.4. The molecule has 162 valence electrons. The minimum absolute atomic E-state index is 0.0891. The predicted octanol–water partition coefficient (Wildman–Crippen LogP) is 4.07. The van der Waals surface area contributed by atoms with Crippen LogP contribution in [0.2, 0.25) is 0 Å². The lowest BCUT2D eigenvalue weighted by molar-refractivity contribution is -0.334. The van der Waals surface area contributed by atoms with Crippen molar-refractivity contribution in [3.05, 3.63) is 29.8 Å². The van der Waals surface area contributed by atoms with Crippen LogP contribution in [0.1, 0.15) is 12.8 Å². The molecule has 1 unspecified atom stereocenters. The summed E-state index contributed by atoms with van der Waals surface area (Å²) in [6.07, 6.45) is -12.0. The predicted molar refractivity (Wildman–Crippen MR) is 86.2 cm³/mol. The fourth-order valence-electron chi connectivity index (χ4n) is 3.71. The number of urea groups is 1. The molecule has 1 aromatic rings. The van der Waals surface area contributed by atoms with Gasteiger partial charge >= 0.3 is 18.4 Å². The Balaban J connectivity index is 1.63. The van der Waals surface area contributed by atoms with E-state index in [0.717, 1.165) is 6.07 Å². The minimum atomic E-state index is -5.54. The van der Waals surface area contributed by atoms with E-state index < -0.39 is 61.0 Å². The van der Waals surface area contributed by atoms with Crippen molar-refractivity contribution in [2.75, 3.05) is 31.1 Å². The standard InChI is InChI=1S/C17H17F8N3O/c18-10-1-2-13(12(19)7-10)27-5-3-11(8-27)26-14(29)28-6-4-15(9-28,16(20,21)22)17(23,24)25/h1-2,7,11H,3-6,8-9H2,(H,26,29). The van der Waals surface area contributed by atoms with Crippen LogP contribution < -0.4 is 10.2 Å². The summed E-state index contributed by atoms with van der Waals surface area (Å²) in [7, 11) is 0. The third-order valence-corrected chi connectivity index (χ3v) is 5.41. The van der Waals surface area contributed by atoms with Crippen LogP contribution in [0.3, 0.4) is 0 Å². The van der Waals surface area contributed by atoms with Gasteiger partial charge in [0.05, 0.1) is 5.69 Å². The van der Waals surface area contributed by atoms with Crippen LogP contribution in [0.15, 0.2) is 18.2 Å². The van der Waals surface area contributed by atoms with Crippen molar-refractivity contribution >= 4 is 11.7 Å². The maximum Gasteiger partial charge on any atom is 0.404 e. The van der Waals surface area contributed by atoms with Crippen LogP contribution in [-0.4, -0.2) is 55.5 Å². The molecule has 2 saturated heterocycles. The first kappa shape index (κ1) is 21.4. The van der Waals surface area contributed by atoms with Gasteiger partial charge in [-0.1, -0.05) is 0 Å². The zero-order valence-corrected chi connectivity index (χ0v) is 14.9. The smallest absolute Gasteiger partial charge is 0.367 e. The van der Waals surface area contributed by atoms with Crippen molar-refractivity contribution in [2.24, 2.45) is 5.41 Å². The van der Waals surface area contributed by atoms with Gasteiger partial charge in [0.25, 0.3) is 0 Å². The summed E-state index contributed by atoms with van der Waals surface area (Å²) < 4.78 is 106. The third kappa shape index (κ3) is 3.93. The minimum Gasteiger partial charge on any atom is -0.367 e. The van der Waals surface area contributed by atoms with E-state index in [9.17, 15) is 39.9 Å². The number of anilines is 1. The van der Waals surface area contributed by atoms with Gasteiger partial charge in [-0.15, -0.1) is 0 Å². The number of carbonyl (C=O) groups is 1. The van der Waals surface area contributed by atoms with Crippen LogP contribution in [-0.2, 0) is 0 Å². The van der Waals surface area contributed by atoms with Gasteiger partial charge in [0.15, 0.2) is 5.41 Å². The van der Waals surface area contributed by atoms with E-state index in [0.29, 0.717) is 17.4 Å². The number of amides is 2. The lowest BCUT2D eigenvalue weighted by atomic mass is 9.85. The van der Waals surface area contributed by atoms with E-state index >= 15 is 0 Å².